The van der Waals surface area contributed by atoms with E-state index in [0.717, 1.165) is 12.8 Å². The third-order valence-electron chi connectivity index (χ3n) is 2.77. The van der Waals surface area contributed by atoms with Crippen molar-refractivity contribution in [2.75, 3.05) is 14.1 Å². The average Bonchev–Trinajstić information content (AvgIpc) is 2.01. The van der Waals surface area contributed by atoms with E-state index in [1.807, 2.05) is 0 Å². The lowest BCUT2D eigenvalue weighted by atomic mass is 9.91. The predicted octanol–water partition coefficient (Wildman–Crippen LogP) is 2.73. The van der Waals surface area contributed by atoms with Gasteiger partial charge in [-0.05, 0) is 33.9 Å². The van der Waals surface area contributed by atoms with Crippen LogP contribution in [0.4, 0.5) is 0 Å². The Morgan fingerprint density at radius 1 is 1.36 bits per heavy atom. The largest absolute Gasteiger partial charge is 0.303 e. The van der Waals surface area contributed by atoms with Crippen LogP contribution in [-0.2, 0) is 0 Å². The number of alkyl halides is 1. The molecule has 0 aromatic heterocycles. The summed E-state index contributed by atoms with van der Waals surface area (Å²) in [4.78, 5) is 2.22. The van der Waals surface area contributed by atoms with Crippen LogP contribution in [0, 0.1) is 0 Å². The van der Waals surface area contributed by atoms with Crippen LogP contribution in [0.5, 0.6) is 0 Å². The SMILES string of the molecule is CCC(Cl)C(C)(CC)N(C)C. The molecule has 0 aromatic carbocycles. The number of nitrogens with zero attached hydrogens (tertiary/aromatic N) is 1. The Hall–Kier alpha value is 0.250. The Labute approximate surface area is 75.7 Å². The Balaban J connectivity index is 4.32. The smallest absolute Gasteiger partial charge is 0.0514 e. The fourth-order valence-electron chi connectivity index (χ4n) is 1.26. The van der Waals surface area contributed by atoms with E-state index in [2.05, 4.69) is 39.8 Å². The summed E-state index contributed by atoms with van der Waals surface area (Å²) in [5.74, 6) is 0. The molecule has 1 nitrogen and oxygen atoms in total. The highest BCUT2D eigenvalue weighted by Crippen LogP contribution is 2.27. The van der Waals surface area contributed by atoms with E-state index < -0.39 is 0 Å². The van der Waals surface area contributed by atoms with Gasteiger partial charge in [0.15, 0.2) is 0 Å². The van der Waals surface area contributed by atoms with Crippen molar-refractivity contribution in [2.45, 2.75) is 44.5 Å². The monoisotopic (exact) mass is 177 g/mol. The molecule has 0 amide bonds. The molecule has 0 aliphatic rings. The standard InChI is InChI=1S/C9H20ClN/c1-6-8(10)9(3,7-2)11(4)5/h8H,6-7H2,1-5H3. The summed E-state index contributed by atoms with van der Waals surface area (Å²) in [6, 6.07) is 0. The minimum Gasteiger partial charge on any atom is -0.303 e. The van der Waals surface area contributed by atoms with Gasteiger partial charge in [-0.1, -0.05) is 13.8 Å². The maximum absolute atomic E-state index is 6.23. The molecule has 0 aliphatic carbocycles. The molecule has 2 unspecified atom stereocenters. The van der Waals surface area contributed by atoms with Gasteiger partial charge < -0.3 is 4.90 Å². The summed E-state index contributed by atoms with van der Waals surface area (Å²) in [5.41, 5.74) is 0.149. The molecule has 0 spiro atoms. The lowest BCUT2D eigenvalue weighted by Crippen LogP contribution is -2.48. The quantitative estimate of drug-likeness (QED) is 0.597. The molecule has 0 aromatic rings. The van der Waals surface area contributed by atoms with E-state index in [0.29, 0.717) is 0 Å². The molecule has 11 heavy (non-hydrogen) atoms. The highest BCUT2D eigenvalue weighted by molar-refractivity contribution is 6.21. The first-order valence-corrected chi connectivity index (χ1v) is 4.74. The molecule has 2 heteroatoms. The fraction of sp³-hybridized carbons (Fsp3) is 1.00. The first-order valence-electron chi connectivity index (χ1n) is 4.30. The molecule has 0 fully saturated rings. The van der Waals surface area contributed by atoms with Crippen LogP contribution in [0.3, 0.4) is 0 Å². The zero-order valence-corrected chi connectivity index (χ0v) is 9.07. The van der Waals surface area contributed by atoms with Crippen LogP contribution in [0.2, 0.25) is 0 Å². The molecule has 68 valence electrons. The van der Waals surface area contributed by atoms with Crippen molar-refractivity contribution in [1.29, 1.82) is 0 Å². The topological polar surface area (TPSA) is 3.24 Å². The normalized spacial score (nSPS) is 19.9. The van der Waals surface area contributed by atoms with Crippen LogP contribution in [0.25, 0.3) is 0 Å². The third-order valence-corrected chi connectivity index (χ3v) is 3.55. The van der Waals surface area contributed by atoms with Gasteiger partial charge in [-0.2, -0.15) is 0 Å². The summed E-state index contributed by atoms with van der Waals surface area (Å²) in [6.45, 7) is 6.54. The van der Waals surface area contributed by atoms with Crippen LogP contribution < -0.4 is 0 Å². The minimum absolute atomic E-state index is 0.149. The molecule has 0 N–H and O–H groups in total. The Bertz CT molecular complexity index is 114. The van der Waals surface area contributed by atoms with Gasteiger partial charge in [0.2, 0.25) is 0 Å². The molecular weight excluding hydrogens is 158 g/mol. The lowest BCUT2D eigenvalue weighted by molar-refractivity contribution is 0.157. The third kappa shape index (κ3) is 2.34. The molecule has 0 heterocycles. The van der Waals surface area contributed by atoms with Crippen LogP contribution in [-0.4, -0.2) is 29.9 Å². The summed E-state index contributed by atoms with van der Waals surface area (Å²) < 4.78 is 0. The predicted molar refractivity (Wildman–Crippen MR) is 52.3 cm³/mol. The Morgan fingerprint density at radius 3 is 1.91 bits per heavy atom. The van der Waals surface area contributed by atoms with Crippen LogP contribution in [0.1, 0.15) is 33.6 Å². The second kappa shape index (κ2) is 4.32. The maximum Gasteiger partial charge on any atom is 0.0514 e. The molecule has 0 rings (SSSR count). The van der Waals surface area contributed by atoms with Crippen molar-refractivity contribution in [3.05, 3.63) is 0 Å². The van der Waals surface area contributed by atoms with Gasteiger partial charge in [-0.3, -0.25) is 0 Å². The number of halogens is 1. The lowest BCUT2D eigenvalue weighted by Gasteiger charge is -2.39. The Kier molecular flexibility index (Phi) is 4.42. The highest BCUT2D eigenvalue weighted by atomic mass is 35.5. The zero-order chi connectivity index (χ0) is 9.07. The fourth-order valence-corrected chi connectivity index (χ4v) is 1.61. The first kappa shape index (κ1) is 11.2. The van der Waals surface area contributed by atoms with Crippen LogP contribution in [0.15, 0.2) is 0 Å². The van der Waals surface area contributed by atoms with Gasteiger partial charge in [-0.25, -0.2) is 0 Å². The molecular formula is C9H20ClN. The van der Waals surface area contributed by atoms with E-state index >= 15 is 0 Å². The van der Waals surface area contributed by atoms with Crippen LogP contribution >= 0.6 is 11.6 Å². The molecule has 2 atom stereocenters. The van der Waals surface area contributed by atoms with Gasteiger partial charge in [0.1, 0.15) is 0 Å². The van der Waals surface area contributed by atoms with Gasteiger partial charge in [0.05, 0.1) is 5.38 Å². The maximum atomic E-state index is 6.23. The van der Waals surface area contributed by atoms with Crippen molar-refractivity contribution in [3.63, 3.8) is 0 Å². The second-order valence-corrected chi connectivity index (χ2v) is 4.01. The van der Waals surface area contributed by atoms with Gasteiger partial charge in [0.25, 0.3) is 0 Å². The van der Waals surface area contributed by atoms with Crippen molar-refractivity contribution in [3.8, 4) is 0 Å². The van der Waals surface area contributed by atoms with Gasteiger partial charge >= 0.3 is 0 Å². The van der Waals surface area contributed by atoms with Crippen molar-refractivity contribution in [2.24, 2.45) is 0 Å². The average molecular weight is 178 g/mol. The first-order chi connectivity index (χ1) is 4.99. The summed E-state index contributed by atoms with van der Waals surface area (Å²) in [5, 5.41) is 0.252. The van der Waals surface area contributed by atoms with Gasteiger partial charge in [0, 0.05) is 5.54 Å². The van der Waals surface area contributed by atoms with Crippen molar-refractivity contribution in [1.82, 2.24) is 4.90 Å². The van der Waals surface area contributed by atoms with E-state index in [1.165, 1.54) is 0 Å². The molecule has 0 aliphatic heterocycles. The van der Waals surface area contributed by atoms with Crippen molar-refractivity contribution < 1.29 is 0 Å². The molecule has 0 saturated heterocycles. The molecule has 0 saturated carbocycles. The number of hydrogen-bond donors (Lipinski definition) is 0. The number of hydrogen-bond acceptors (Lipinski definition) is 1. The van der Waals surface area contributed by atoms with E-state index in [1.54, 1.807) is 0 Å². The highest BCUT2D eigenvalue weighted by Gasteiger charge is 2.31. The van der Waals surface area contributed by atoms with Crippen molar-refractivity contribution >= 4 is 11.6 Å². The van der Waals surface area contributed by atoms with Gasteiger partial charge in [-0.15, -0.1) is 11.6 Å². The summed E-state index contributed by atoms with van der Waals surface area (Å²) in [6.07, 6.45) is 2.13. The summed E-state index contributed by atoms with van der Waals surface area (Å²) in [7, 11) is 4.18. The summed E-state index contributed by atoms with van der Waals surface area (Å²) >= 11 is 6.23. The van der Waals surface area contributed by atoms with E-state index in [4.69, 9.17) is 11.6 Å². The zero-order valence-electron chi connectivity index (χ0n) is 8.32. The molecule has 0 radical (unpaired) electrons. The van der Waals surface area contributed by atoms with E-state index in [9.17, 15) is 0 Å². The number of rotatable bonds is 4. The second-order valence-electron chi connectivity index (χ2n) is 3.48. The molecule has 0 bridgehead atoms. The Morgan fingerprint density at radius 2 is 1.82 bits per heavy atom. The van der Waals surface area contributed by atoms with E-state index in [-0.39, 0.29) is 10.9 Å². The minimum atomic E-state index is 0.149.